The lowest BCUT2D eigenvalue weighted by molar-refractivity contribution is -0.0601. The largest absolute Gasteiger partial charge is 0.513 e. The Hall–Kier alpha value is 0.335. The lowest BCUT2D eigenvalue weighted by Gasteiger charge is -2.42. The molecule has 0 radical (unpaired) electrons. The summed E-state index contributed by atoms with van der Waals surface area (Å²) in [4.78, 5) is 0. The van der Waals surface area contributed by atoms with E-state index in [1.807, 2.05) is 0 Å². The van der Waals surface area contributed by atoms with Crippen molar-refractivity contribution in [3.05, 3.63) is 0 Å². The molecule has 0 saturated carbocycles. The molecule has 0 unspecified atom stereocenters. The molecule has 1 aliphatic rings. The number of hydrogen-bond donors (Lipinski definition) is 1. The minimum absolute atomic E-state index is 0.0369. The van der Waals surface area contributed by atoms with Crippen LogP contribution < -0.4 is 0 Å². The topological polar surface area (TPSA) is 18.5 Å². The van der Waals surface area contributed by atoms with Crippen LogP contribution in [0.2, 0.25) is 0 Å². The van der Waals surface area contributed by atoms with Crippen molar-refractivity contribution in [2.45, 2.75) is 64.6 Å². The van der Waals surface area contributed by atoms with Crippen LogP contribution in [0.25, 0.3) is 0 Å². The van der Waals surface area contributed by atoms with Crippen molar-refractivity contribution in [2.75, 3.05) is 12.5 Å². The average molecular weight is 246 g/mol. The van der Waals surface area contributed by atoms with E-state index in [0.29, 0.717) is 0 Å². The third-order valence-corrected chi connectivity index (χ3v) is 5.24. The van der Waals surface area contributed by atoms with Crippen LogP contribution in [0.4, 0.5) is 0 Å². The second-order valence-corrected chi connectivity index (χ2v) is 7.26. The SMILES string of the molecule is CCC1(CC)OB([SH](C)C)OC1(CC)CC. The van der Waals surface area contributed by atoms with E-state index in [1.54, 1.807) is 0 Å². The summed E-state index contributed by atoms with van der Waals surface area (Å²) in [7, 11) is -0.186. The highest BCUT2D eigenvalue weighted by Crippen LogP contribution is 2.50. The second-order valence-electron chi connectivity index (χ2n) is 4.91. The van der Waals surface area contributed by atoms with Crippen molar-refractivity contribution in [1.29, 1.82) is 0 Å². The molecule has 0 bridgehead atoms. The van der Waals surface area contributed by atoms with Crippen LogP contribution in [0.1, 0.15) is 53.4 Å². The first-order chi connectivity index (χ1) is 7.50. The average Bonchev–Trinajstić information content (AvgIpc) is 2.64. The van der Waals surface area contributed by atoms with Crippen LogP contribution in [0.15, 0.2) is 0 Å². The van der Waals surface area contributed by atoms with Crippen LogP contribution in [0, 0.1) is 0 Å². The van der Waals surface area contributed by atoms with Crippen LogP contribution in [0.3, 0.4) is 0 Å². The molecule has 0 N–H and O–H groups in total. The maximum atomic E-state index is 6.31. The van der Waals surface area contributed by atoms with Gasteiger partial charge in [0.05, 0.1) is 11.2 Å². The molecule has 1 rings (SSSR count). The summed E-state index contributed by atoms with van der Waals surface area (Å²) in [6.45, 7) is 8.90. The first-order valence-electron chi connectivity index (χ1n) is 6.52. The minimum Gasteiger partial charge on any atom is -0.394 e. The van der Waals surface area contributed by atoms with E-state index >= 15 is 0 Å². The molecule has 1 aliphatic heterocycles. The van der Waals surface area contributed by atoms with Crippen LogP contribution in [-0.4, -0.2) is 30.1 Å². The number of hydrogen-bond acceptors (Lipinski definition) is 2. The normalized spacial score (nSPS) is 23.6. The maximum Gasteiger partial charge on any atom is 0.513 e. The Bertz CT molecular complexity index is 205. The van der Waals surface area contributed by atoms with Gasteiger partial charge in [-0.1, -0.05) is 27.7 Å². The fourth-order valence-corrected chi connectivity index (χ4v) is 3.78. The molecule has 0 aromatic carbocycles. The third kappa shape index (κ3) is 2.04. The Labute approximate surface area is 104 Å². The monoisotopic (exact) mass is 246 g/mol. The Kier molecular flexibility index (Phi) is 4.79. The van der Waals surface area contributed by atoms with E-state index in [9.17, 15) is 0 Å². The summed E-state index contributed by atoms with van der Waals surface area (Å²) in [6.07, 6.45) is 8.69. The summed E-state index contributed by atoms with van der Waals surface area (Å²) in [5.41, 5.74) is -0.123. The lowest BCUT2D eigenvalue weighted by Crippen LogP contribution is -2.50. The van der Waals surface area contributed by atoms with E-state index in [4.69, 9.17) is 9.31 Å². The van der Waals surface area contributed by atoms with Gasteiger partial charge in [-0.2, -0.15) is 0 Å². The van der Waals surface area contributed by atoms with E-state index < -0.39 is 0 Å². The van der Waals surface area contributed by atoms with E-state index in [-0.39, 0.29) is 28.3 Å². The highest BCUT2D eigenvalue weighted by atomic mass is 32.2. The molecule has 0 aliphatic carbocycles. The fourth-order valence-electron chi connectivity index (χ4n) is 2.96. The Morgan fingerprint density at radius 3 is 1.31 bits per heavy atom. The first kappa shape index (κ1) is 14.4. The quantitative estimate of drug-likeness (QED) is 0.592. The molecule has 0 aromatic rings. The smallest absolute Gasteiger partial charge is 0.394 e. The van der Waals surface area contributed by atoms with Crippen LogP contribution in [0.5, 0.6) is 0 Å². The zero-order chi connectivity index (χ0) is 12.4. The van der Waals surface area contributed by atoms with Crippen LogP contribution in [-0.2, 0) is 9.31 Å². The predicted molar refractivity (Wildman–Crippen MR) is 75.4 cm³/mol. The highest BCUT2D eigenvalue weighted by Gasteiger charge is 2.58. The molecule has 0 aromatic heterocycles. The Balaban J connectivity index is 3.03. The molecule has 1 fully saturated rings. The van der Waals surface area contributed by atoms with Crippen molar-refractivity contribution >= 4 is 17.1 Å². The molecular formula is C12H27BO2S. The molecule has 16 heavy (non-hydrogen) atoms. The standard InChI is InChI=1S/C12H27BO2S/c1-7-11(8-2)12(9-3,10-4)15-13(14-11)16(5)6/h16H,7-10H2,1-6H3. The molecule has 0 amide bonds. The van der Waals surface area contributed by atoms with Gasteiger partial charge in [0.15, 0.2) is 0 Å². The summed E-state index contributed by atoms with van der Waals surface area (Å²) < 4.78 is 12.6. The van der Waals surface area contributed by atoms with Gasteiger partial charge in [0, 0.05) is 0 Å². The zero-order valence-corrected chi connectivity index (χ0v) is 12.6. The molecule has 1 saturated heterocycles. The third-order valence-electron chi connectivity index (χ3n) is 4.19. The molecule has 0 spiro atoms. The Morgan fingerprint density at radius 2 is 1.12 bits per heavy atom. The van der Waals surface area contributed by atoms with Gasteiger partial charge in [0.1, 0.15) is 0 Å². The van der Waals surface area contributed by atoms with Gasteiger partial charge in [-0.15, -0.1) is 0 Å². The van der Waals surface area contributed by atoms with Gasteiger partial charge in [0.2, 0.25) is 0 Å². The maximum absolute atomic E-state index is 6.31. The van der Waals surface area contributed by atoms with Gasteiger partial charge < -0.3 is 9.31 Å². The van der Waals surface area contributed by atoms with Gasteiger partial charge in [-0.05, 0) is 38.2 Å². The minimum atomic E-state index is -0.186. The number of thiol groups is 1. The first-order valence-corrected chi connectivity index (χ1v) is 8.83. The molecule has 96 valence electrons. The van der Waals surface area contributed by atoms with Crippen molar-refractivity contribution < 1.29 is 9.31 Å². The summed E-state index contributed by atoms with van der Waals surface area (Å²) in [5, 5.41) is 0. The van der Waals surface area contributed by atoms with Crippen LogP contribution >= 0.6 is 10.7 Å². The summed E-state index contributed by atoms with van der Waals surface area (Å²) in [5.74, 6) is 0. The van der Waals surface area contributed by atoms with Gasteiger partial charge in [0.25, 0.3) is 0 Å². The molecule has 2 nitrogen and oxygen atoms in total. The van der Waals surface area contributed by atoms with Crippen molar-refractivity contribution in [3.8, 4) is 0 Å². The van der Waals surface area contributed by atoms with Crippen molar-refractivity contribution in [2.24, 2.45) is 0 Å². The zero-order valence-electron chi connectivity index (χ0n) is 11.7. The molecule has 0 atom stereocenters. The summed E-state index contributed by atoms with van der Waals surface area (Å²) in [6, 6.07) is 0. The van der Waals surface area contributed by atoms with E-state index in [2.05, 4.69) is 40.2 Å². The Morgan fingerprint density at radius 1 is 0.812 bits per heavy atom. The van der Waals surface area contributed by atoms with Gasteiger partial charge in [-0.25, -0.2) is 10.7 Å². The lowest BCUT2D eigenvalue weighted by atomic mass is 9.75. The molecule has 1 heterocycles. The predicted octanol–water partition coefficient (Wildman–Crippen LogP) is 3.40. The van der Waals surface area contributed by atoms with Crippen molar-refractivity contribution in [3.63, 3.8) is 0 Å². The van der Waals surface area contributed by atoms with E-state index in [0.717, 1.165) is 25.7 Å². The number of rotatable bonds is 5. The second kappa shape index (κ2) is 5.32. The van der Waals surface area contributed by atoms with Gasteiger partial charge in [-0.3, -0.25) is 0 Å². The van der Waals surface area contributed by atoms with Crippen molar-refractivity contribution in [1.82, 2.24) is 0 Å². The van der Waals surface area contributed by atoms with E-state index in [1.165, 1.54) is 0 Å². The summed E-state index contributed by atoms with van der Waals surface area (Å²) >= 11 is 0. The molecular weight excluding hydrogens is 219 g/mol. The molecule has 4 heteroatoms. The van der Waals surface area contributed by atoms with Gasteiger partial charge >= 0.3 is 6.40 Å². The highest BCUT2D eigenvalue weighted by molar-refractivity contribution is 8.38. The fraction of sp³-hybridized carbons (Fsp3) is 1.00.